The molecule has 4 heteroatoms. The second-order valence-corrected chi connectivity index (χ2v) is 6.01. The zero-order valence-corrected chi connectivity index (χ0v) is 14.1. The normalized spacial score (nSPS) is 10.4. The van der Waals surface area contributed by atoms with Crippen molar-refractivity contribution in [1.82, 2.24) is 14.8 Å². The fourth-order valence-corrected chi connectivity index (χ4v) is 2.86. The number of hydrogen-bond donors (Lipinski definition) is 0. The molecule has 0 unspecified atom stereocenters. The second-order valence-electron chi connectivity index (χ2n) is 6.01. The Kier molecular flexibility index (Phi) is 4.28. The highest BCUT2D eigenvalue weighted by atomic mass is 15.3. The van der Waals surface area contributed by atoms with Gasteiger partial charge < -0.3 is 0 Å². The summed E-state index contributed by atoms with van der Waals surface area (Å²) in [7, 11) is 0. The number of nitriles is 1. The van der Waals surface area contributed by atoms with Gasteiger partial charge in [-0.05, 0) is 34.9 Å². The summed E-state index contributed by atoms with van der Waals surface area (Å²) in [5.41, 5.74) is 5.82. The molecule has 0 amide bonds. The van der Waals surface area contributed by atoms with E-state index in [1.54, 1.807) is 12.3 Å². The molecule has 4 rings (SSSR count). The van der Waals surface area contributed by atoms with Gasteiger partial charge in [-0.2, -0.15) is 10.4 Å². The average Bonchev–Trinajstić information content (AvgIpc) is 3.18. The first-order chi connectivity index (χ1) is 12.8. The van der Waals surface area contributed by atoms with Gasteiger partial charge in [-0.1, -0.05) is 54.6 Å². The maximum Gasteiger partial charge on any atom is 0.140 e. The van der Waals surface area contributed by atoms with Crippen molar-refractivity contribution in [2.75, 3.05) is 0 Å². The van der Waals surface area contributed by atoms with Gasteiger partial charge in [0.15, 0.2) is 0 Å². The van der Waals surface area contributed by atoms with Crippen molar-refractivity contribution in [2.45, 2.75) is 6.54 Å². The lowest BCUT2D eigenvalue weighted by Gasteiger charge is -2.04. The van der Waals surface area contributed by atoms with Crippen LogP contribution < -0.4 is 0 Å². The van der Waals surface area contributed by atoms with E-state index >= 15 is 0 Å². The van der Waals surface area contributed by atoms with Crippen LogP contribution in [-0.4, -0.2) is 14.8 Å². The van der Waals surface area contributed by atoms with Gasteiger partial charge in [-0.25, -0.2) is 4.98 Å². The molecule has 0 aliphatic rings. The number of aromatic nitrogens is 3. The van der Waals surface area contributed by atoms with Gasteiger partial charge in [0.2, 0.25) is 0 Å². The lowest BCUT2D eigenvalue weighted by Crippen LogP contribution is -2.01. The topological polar surface area (TPSA) is 54.5 Å². The van der Waals surface area contributed by atoms with Crippen LogP contribution in [0.25, 0.3) is 22.4 Å². The van der Waals surface area contributed by atoms with Crippen molar-refractivity contribution in [1.29, 1.82) is 5.26 Å². The molecule has 2 aromatic carbocycles. The first-order valence-electron chi connectivity index (χ1n) is 8.36. The number of rotatable bonds is 4. The second kappa shape index (κ2) is 7.04. The third kappa shape index (κ3) is 3.38. The van der Waals surface area contributed by atoms with Gasteiger partial charge in [0.05, 0.1) is 12.2 Å². The Hall–Kier alpha value is -3.71. The molecule has 0 bridgehead atoms. The van der Waals surface area contributed by atoms with Gasteiger partial charge in [0, 0.05) is 18.0 Å². The fourth-order valence-electron chi connectivity index (χ4n) is 2.86. The molecular weight excluding hydrogens is 320 g/mol. The molecule has 26 heavy (non-hydrogen) atoms. The van der Waals surface area contributed by atoms with Crippen LogP contribution in [0.4, 0.5) is 0 Å². The van der Waals surface area contributed by atoms with Crippen LogP contribution in [0.2, 0.25) is 0 Å². The van der Waals surface area contributed by atoms with E-state index in [0.29, 0.717) is 12.2 Å². The molecular formula is C22H16N4. The summed E-state index contributed by atoms with van der Waals surface area (Å²) in [6, 6.07) is 26.4. The van der Waals surface area contributed by atoms with E-state index < -0.39 is 0 Å². The summed E-state index contributed by atoms with van der Waals surface area (Å²) in [6.45, 7) is 0.622. The lowest BCUT2D eigenvalue weighted by molar-refractivity contribution is 0.687. The molecule has 0 radical (unpaired) electrons. The molecule has 0 saturated heterocycles. The van der Waals surface area contributed by atoms with Crippen LogP contribution in [0.15, 0.2) is 85.2 Å². The Labute approximate surface area is 152 Å². The van der Waals surface area contributed by atoms with Crippen LogP contribution >= 0.6 is 0 Å². The zero-order chi connectivity index (χ0) is 17.8. The molecule has 0 atom stereocenters. The van der Waals surface area contributed by atoms with Crippen molar-refractivity contribution in [3.8, 4) is 28.5 Å². The Bertz CT molecular complexity index is 1060. The van der Waals surface area contributed by atoms with Gasteiger partial charge in [0.25, 0.3) is 0 Å². The molecule has 124 valence electrons. The van der Waals surface area contributed by atoms with E-state index in [4.69, 9.17) is 5.26 Å². The zero-order valence-electron chi connectivity index (χ0n) is 14.1. The molecule has 0 fully saturated rings. The summed E-state index contributed by atoms with van der Waals surface area (Å²) in [6.07, 6.45) is 3.68. The van der Waals surface area contributed by atoms with E-state index in [9.17, 15) is 0 Å². The molecule has 4 aromatic rings. The fraction of sp³-hybridized carbons (Fsp3) is 0.0455. The maximum atomic E-state index is 8.82. The van der Waals surface area contributed by atoms with Crippen molar-refractivity contribution in [3.63, 3.8) is 0 Å². The Balaban J connectivity index is 1.57. The third-order valence-corrected chi connectivity index (χ3v) is 4.19. The highest BCUT2D eigenvalue weighted by Crippen LogP contribution is 2.25. The minimum absolute atomic E-state index is 0.424. The van der Waals surface area contributed by atoms with E-state index in [1.807, 2.05) is 47.3 Å². The van der Waals surface area contributed by atoms with Crippen LogP contribution in [-0.2, 0) is 6.54 Å². The van der Waals surface area contributed by atoms with E-state index in [2.05, 4.69) is 46.5 Å². The van der Waals surface area contributed by atoms with Gasteiger partial charge in [-0.15, -0.1) is 0 Å². The Morgan fingerprint density at radius 1 is 0.846 bits per heavy atom. The Morgan fingerprint density at radius 3 is 2.42 bits per heavy atom. The van der Waals surface area contributed by atoms with E-state index in [1.165, 1.54) is 11.1 Å². The predicted octanol–water partition coefficient (Wildman–Crippen LogP) is 4.53. The number of nitrogens with zero attached hydrogens (tertiary/aromatic N) is 4. The molecule has 0 aliphatic heterocycles. The third-order valence-electron chi connectivity index (χ3n) is 4.19. The highest BCUT2D eigenvalue weighted by Gasteiger charge is 2.05. The molecule has 2 heterocycles. The maximum absolute atomic E-state index is 8.82. The first-order valence-corrected chi connectivity index (χ1v) is 8.36. The highest BCUT2D eigenvalue weighted by molar-refractivity contribution is 5.71. The predicted molar refractivity (Wildman–Crippen MR) is 101 cm³/mol. The SMILES string of the molecule is N#Cc1ccc(Cn2ccc(-c3cccc(-c4ccccc4)c3)n2)cn1. The number of benzene rings is 2. The average molecular weight is 336 g/mol. The van der Waals surface area contributed by atoms with Crippen LogP contribution in [0.5, 0.6) is 0 Å². The molecule has 0 aliphatic carbocycles. The summed E-state index contributed by atoms with van der Waals surface area (Å²) in [4.78, 5) is 4.10. The first kappa shape index (κ1) is 15.8. The van der Waals surface area contributed by atoms with Crippen molar-refractivity contribution < 1.29 is 0 Å². The minimum atomic E-state index is 0.424. The monoisotopic (exact) mass is 336 g/mol. The van der Waals surface area contributed by atoms with Gasteiger partial charge in [0.1, 0.15) is 11.8 Å². The summed E-state index contributed by atoms with van der Waals surface area (Å²) >= 11 is 0. The Morgan fingerprint density at radius 2 is 1.65 bits per heavy atom. The van der Waals surface area contributed by atoms with Crippen LogP contribution in [0.3, 0.4) is 0 Å². The molecule has 0 saturated carbocycles. The van der Waals surface area contributed by atoms with Gasteiger partial charge in [-0.3, -0.25) is 4.68 Å². The summed E-state index contributed by atoms with van der Waals surface area (Å²) in [5.74, 6) is 0. The molecule has 4 nitrogen and oxygen atoms in total. The van der Waals surface area contributed by atoms with Crippen molar-refractivity contribution in [2.24, 2.45) is 0 Å². The standard InChI is InChI=1S/C22H16N4/c23-14-21-10-9-17(15-24-21)16-26-12-11-22(25-26)20-8-4-7-19(13-20)18-5-2-1-3-6-18/h1-13,15H,16H2. The minimum Gasteiger partial charge on any atom is -0.268 e. The van der Waals surface area contributed by atoms with Gasteiger partial charge >= 0.3 is 0 Å². The molecule has 0 N–H and O–H groups in total. The largest absolute Gasteiger partial charge is 0.268 e. The number of pyridine rings is 1. The quantitative estimate of drug-likeness (QED) is 0.550. The summed E-state index contributed by atoms with van der Waals surface area (Å²) in [5, 5.41) is 13.5. The number of hydrogen-bond acceptors (Lipinski definition) is 3. The van der Waals surface area contributed by atoms with E-state index in [0.717, 1.165) is 16.8 Å². The van der Waals surface area contributed by atoms with Crippen LogP contribution in [0, 0.1) is 11.3 Å². The van der Waals surface area contributed by atoms with Crippen LogP contribution in [0.1, 0.15) is 11.3 Å². The molecule has 0 spiro atoms. The van der Waals surface area contributed by atoms with Crippen molar-refractivity contribution in [3.05, 3.63) is 96.4 Å². The smallest absolute Gasteiger partial charge is 0.140 e. The van der Waals surface area contributed by atoms with E-state index in [-0.39, 0.29) is 0 Å². The lowest BCUT2D eigenvalue weighted by atomic mass is 10.0. The van der Waals surface area contributed by atoms with Crippen molar-refractivity contribution >= 4 is 0 Å². The summed E-state index contributed by atoms with van der Waals surface area (Å²) < 4.78 is 1.88. The molecule has 2 aromatic heterocycles.